The van der Waals surface area contributed by atoms with Crippen LogP contribution in [0.2, 0.25) is 0 Å². The molecule has 0 saturated carbocycles. The quantitative estimate of drug-likeness (QED) is 0.580. The maximum absolute atomic E-state index is 12.2. The van der Waals surface area contributed by atoms with E-state index in [1.807, 2.05) is 0 Å². The smallest absolute Gasteiger partial charge is 0.314 e. The first-order valence-electron chi connectivity index (χ1n) is 7.74. The highest BCUT2D eigenvalue weighted by Crippen LogP contribution is 2.32. The lowest BCUT2D eigenvalue weighted by molar-refractivity contribution is -0.385. The number of carbonyl (C=O) groups excluding carboxylic acids is 1. The van der Waals surface area contributed by atoms with Gasteiger partial charge in [0.05, 0.1) is 23.0 Å². The molecular formula is C17H17N3O7. The van der Waals surface area contributed by atoms with Gasteiger partial charge in [-0.15, -0.1) is 0 Å². The molecule has 0 bridgehead atoms. The fraction of sp³-hybridized carbons (Fsp3) is 0.235. The second-order valence-corrected chi connectivity index (χ2v) is 5.59. The predicted octanol–water partition coefficient (Wildman–Crippen LogP) is 3.15. The maximum Gasteiger partial charge on any atom is 0.314 e. The normalized spacial score (nSPS) is 10.2. The van der Waals surface area contributed by atoms with Crippen molar-refractivity contribution in [2.75, 3.05) is 19.0 Å². The zero-order valence-corrected chi connectivity index (χ0v) is 14.8. The van der Waals surface area contributed by atoms with E-state index in [9.17, 15) is 25.0 Å². The van der Waals surface area contributed by atoms with Gasteiger partial charge in [0.15, 0.2) is 12.4 Å². The SMILES string of the molecule is COc1ccc(OCC(=O)Nc2c([N+](=O)[O-])ccc(C)c2C)c([N+](=O)[O-])c1. The van der Waals surface area contributed by atoms with Gasteiger partial charge < -0.3 is 14.8 Å². The lowest BCUT2D eigenvalue weighted by atomic mass is 10.1. The molecule has 0 unspecified atom stereocenters. The van der Waals surface area contributed by atoms with E-state index in [4.69, 9.17) is 9.47 Å². The Morgan fingerprint density at radius 2 is 1.74 bits per heavy atom. The zero-order valence-electron chi connectivity index (χ0n) is 14.8. The third kappa shape index (κ3) is 4.48. The standard InChI is InChI=1S/C17H17N3O7/c1-10-4-6-13(19(22)23)17(11(10)2)18-16(21)9-27-15-7-5-12(26-3)8-14(15)20(24)25/h4-8H,9H2,1-3H3,(H,18,21). The predicted molar refractivity (Wildman–Crippen MR) is 96.3 cm³/mol. The van der Waals surface area contributed by atoms with Crippen molar-refractivity contribution in [2.24, 2.45) is 0 Å². The van der Waals surface area contributed by atoms with E-state index in [0.29, 0.717) is 5.56 Å². The van der Waals surface area contributed by atoms with Crippen molar-refractivity contribution in [3.8, 4) is 11.5 Å². The number of carbonyl (C=O) groups is 1. The highest BCUT2D eigenvalue weighted by atomic mass is 16.6. The summed E-state index contributed by atoms with van der Waals surface area (Å²) in [4.78, 5) is 33.2. The van der Waals surface area contributed by atoms with Gasteiger partial charge in [-0.05, 0) is 37.1 Å². The molecular weight excluding hydrogens is 358 g/mol. The van der Waals surface area contributed by atoms with Gasteiger partial charge in [-0.25, -0.2) is 0 Å². The second kappa shape index (κ2) is 8.13. The van der Waals surface area contributed by atoms with Crippen molar-refractivity contribution in [1.29, 1.82) is 0 Å². The summed E-state index contributed by atoms with van der Waals surface area (Å²) in [6, 6.07) is 6.82. The molecule has 0 fully saturated rings. The van der Waals surface area contributed by atoms with Crippen LogP contribution in [0.1, 0.15) is 11.1 Å². The molecule has 0 aromatic heterocycles. The number of ether oxygens (including phenoxy) is 2. The fourth-order valence-corrected chi connectivity index (χ4v) is 2.32. The van der Waals surface area contributed by atoms with Crippen molar-refractivity contribution in [3.05, 3.63) is 61.7 Å². The van der Waals surface area contributed by atoms with Gasteiger partial charge in [0, 0.05) is 6.07 Å². The minimum atomic E-state index is -0.683. The van der Waals surface area contributed by atoms with E-state index in [0.717, 1.165) is 5.56 Å². The van der Waals surface area contributed by atoms with Crippen LogP contribution in [0.15, 0.2) is 30.3 Å². The summed E-state index contributed by atoms with van der Waals surface area (Å²) in [5.74, 6) is -0.534. The van der Waals surface area contributed by atoms with Gasteiger partial charge in [-0.3, -0.25) is 25.0 Å². The number of nitrogens with one attached hydrogen (secondary N) is 1. The molecule has 0 heterocycles. The van der Waals surface area contributed by atoms with Crippen molar-refractivity contribution in [2.45, 2.75) is 13.8 Å². The van der Waals surface area contributed by atoms with Gasteiger partial charge in [-0.2, -0.15) is 0 Å². The molecule has 0 spiro atoms. The van der Waals surface area contributed by atoms with Crippen LogP contribution in [0.5, 0.6) is 11.5 Å². The van der Waals surface area contributed by atoms with Crippen LogP contribution >= 0.6 is 0 Å². The highest BCUT2D eigenvalue weighted by molar-refractivity contribution is 5.95. The third-order valence-electron chi connectivity index (χ3n) is 3.90. The summed E-state index contributed by atoms with van der Waals surface area (Å²) in [6.45, 7) is 2.84. The lowest BCUT2D eigenvalue weighted by Crippen LogP contribution is -2.21. The Labute approximate surface area is 154 Å². The Morgan fingerprint density at radius 1 is 1.07 bits per heavy atom. The molecule has 2 aromatic rings. The largest absolute Gasteiger partial charge is 0.496 e. The van der Waals surface area contributed by atoms with Gasteiger partial charge in [0.2, 0.25) is 0 Å². The van der Waals surface area contributed by atoms with Crippen LogP contribution < -0.4 is 14.8 Å². The second-order valence-electron chi connectivity index (χ2n) is 5.59. The summed E-state index contributed by atoms with van der Waals surface area (Å²) >= 11 is 0. The van der Waals surface area contributed by atoms with E-state index in [1.54, 1.807) is 19.9 Å². The maximum atomic E-state index is 12.2. The minimum Gasteiger partial charge on any atom is -0.496 e. The zero-order chi connectivity index (χ0) is 20.1. The molecule has 2 rings (SSSR count). The highest BCUT2D eigenvalue weighted by Gasteiger charge is 2.21. The minimum absolute atomic E-state index is 0.0674. The van der Waals surface area contributed by atoms with Gasteiger partial charge in [-0.1, -0.05) is 6.07 Å². The Bertz CT molecular complexity index is 912. The molecule has 1 N–H and O–H groups in total. The number of amides is 1. The number of methoxy groups -OCH3 is 1. The van der Waals surface area contributed by atoms with E-state index in [2.05, 4.69) is 5.32 Å². The monoisotopic (exact) mass is 375 g/mol. The third-order valence-corrected chi connectivity index (χ3v) is 3.90. The van der Waals surface area contributed by atoms with E-state index in [1.165, 1.54) is 31.4 Å². The fourth-order valence-electron chi connectivity index (χ4n) is 2.32. The Kier molecular flexibility index (Phi) is 5.91. The van der Waals surface area contributed by atoms with Gasteiger partial charge in [0.1, 0.15) is 11.4 Å². The summed E-state index contributed by atoms with van der Waals surface area (Å²) in [7, 11) is 1.37. The molecule has 0 aliphatic heterocycles. The summed E-state index contributed by atoms with van der Waals surface area (Å²) < 4.78 is 10.1. The number of nitro benzene ring substituents is 2. The van der Waals surface area contributed by atoms with Crippen molar-refractivity contribution in [3.63, 3.8) is 0 Å². The molecule has 0 aliphatic carbocycles. The van der Waals surface area contributed by atoms with Crippen molar-refractivity contribution < 1.29 is 24.1 Å². The summed E-state index contributed by atoms with van der Waals surface area (Å²) in [5, 5.41) is 24.7. The molecule has 10 heteroatoms. The molecule has 0 atom stereocenters. The number of aryl methyl sites for hydroxylation is 1. The molecule has 2 aromatic carbocycles. The molecule has 0 saturated heterocycles. The Balaban J connectivity index is 2.18. The Morgan fingerprint density at radius 3 is 2.33 bits per heavy atom. The first-order valence-corrected chi connectivity index (χ1v) is 7.74. The molecule has 0 radical (unpaired) electrons. The van der Waals surface area contributed by atoms with Crippen molar-refractivity contribution >= 4 is 23.0 Å². The van der Waals surface area contributed by atoms with E-state index >= 15 is 0 Å². The Hall–Kier alpha value is -3.69. The van der Waals surface area contributed by atoms with Crippen LogP contribution in [-0.2, 0) is 4.79 Å². The number of hydrogen-bond donors (Lipinski definition) is 1. The van der Waals surface area contributed by atoms with Crippen LogP contribution in [0.25, 0.3) is 0 Å². The first kappa shape index (κ1) is 19.6. The summed E-state index contributed by atoms with van der Waals surface area (Å²) in [6.07, 6.45) is 0. The summed E-state index contributed by atoms with van der Waals surface area (Å²) in [5.41, 5.74) is 0.773. The van der Waals surface area contributed by atoms with Gasteiger partial charge >= 0.3 is 5.69 Å². The molecule has 27 heavy (non-hydrogen) atoms. The van der Waals surface area contributed by atoms with Crippen LogP contribution in [0.3, 0.4) is 0 Å². The first-order chi connectivity index (χ1) is 12.7. The van der Waals surface area contributed by atoms with Crippen molar-refractivity contribution in [1.82, 2.24) is 0 Å². The number of rotatable bonds is 7. The van der Waals surface area contributed by atoms with E-state index in [-0.39, 0.29) is 28.6 Å². The number of anilines is 1. The average molecular weight is 375 g/mol. The number of hydrogen-bond acceptors (Lipinski definition) is 7. The molecule has 1 amide bonds. The number of nitro groups is 2. The van der Waals surface area contributed by atoms with E-state index < -0.39 is 22.4 Å². The van der Waals surface area contributed by atoms with Crippen LogP contribution in [0, 0.1) is 34.1 Å². The number of benzene rings is 2. The van der Waals surface area contributed by atoms with Gasteiger partial charge in [0.25, 0.3) is 11.6 Å². The number of nitrogens with zero attached hydrogens (tertiary/aromatic N) is 2. The van der Waals surface area contributed by atoms with Crippen LogP contribution in [0.4, 0.5) is 17.1 Å². The average Bonchev–Trinajstić information content (AvgIpc) is 2.63. The lowest BCUT2D eigenvalue weighted by Gasteiger charge is -2.12. The van der Waals surface area contributed by atoms with Crippen LogP contribution in [-0.4, -0.2) is 29.5 Å². The molecule has 0 aliphatic rings. The molecule has 10 nitrogen and oxygen atoms in total. The topological polar surface area (TPSA) is 134 Å². The molecule has 142 valence electrons.